The molecule has 1 heterocycles. The fraction of sp³-hybridized carbons (Fsp3) is 0.450. The molecular weight excluding hydrogens is 254 g/mol. The van der Waals surface area contributed by atoms with E-state index < -0.39 is 0 Å². The van der Waals surface area contributed by atoms with Gasteiger partial charge in [-0.3, -0.25) is 0 Å². The van der Waals surface area contributed by atoms with Crippen LogP contribution < -0.4 is 4.57 Å². The number of hydrogen-bond acceptors (Lipinski definition) is 0. The quantitative estimate of drug-likeness (QED) is 0.687. The van der Waals surface area contributed by atoms with Gasteiger partial charge >= 0.3 is 0 Å². The lowest BCUT2D eigenvalue weighted by Crippen LogP contribution is -2.41. The Morgan fingerprint density at radius 1 is 1.05 bits per heavy atom. The standard InChI is InChI=1S/C20H24N/c1-14-7-3-4-11-17(14)19-13-16-10-5-8-15-9-6-12-18(20(15)16)21(19)2/h3-4,7,11,13,15H,5-6,8-10,12H2,1-2H3/q+1. The molecule has 0 amide bonds. The van der Waals surface area contributed by atoms with Gasteiger partial charge in [0.1, 0.15) is 7.05 Å². The van der Waals surface area contributed by atoms with Gasteiger partial charge in [0.15, 0.2) is 5.69 Å². The van der Waals surface area contributed by atoms with E-state index in [1.165, 1.54) is 55.3 Å². The second-order valence-corrected chi connectivity index (χ2v) is 6.77. The number of aryl methyl sites for hydroxylation is 2. The molecule has 21 heavy (non-hydrogen) atoms. The molecule has 1 unspecified atom stereocenters. The van der Waals surface area contributed by atoms with Crippen molar-refractivity contribution in [2.75, 3.05) is 0 Å². The van der Waals surface area contributed by atoms with Crippen LogP contribution in [0.3, 0.4) is 0 Å². The topological polar surface area (TPSA) is 3.88 Å². The number of nitrogens with zero attached hydrogens (tertiary/aromatic N) is 1. The zero-order valence-corrected chi connectivity index (χ0v) is 13.2. The van der Waals surface area contributed by atoms with Gasteiger partial charge in [-0.25, -0.2) is 0 Å². The summed E-state index contributed by atoms with van der Waals surface area (Å²) in [7, 11) is 2.27. The lowest BCUT2D eigenvalue weighted by molar-refractivity contribution is -0.669. The monoisotopic (exact) mass is 278 g/mol. The van der Waals surface area contributed by atoms with Crippen molar-refractivity contribution in [3.63, 3.8) is 0 Å². The first-order chi connectivity index (χ1) is 10.3. The van der Waals surface area contributed by atoms with Crippen LogP contribution in [0, 0.1) is 6.92 Å². The SMILES string of the molecule is Cc1ccccc1-c1cc2c3c([n+]1C)CCCC3CCC2. The first-order valence-electron chi connectivity index (χ1n) is 8.36. The highest BCUT2D eigenvalue weighted by atomic mass is 15.0. The third-order valence-electron chi connectivity index (χ3n) is 5.53. The van der Waals surface area contributed by atoms with Crippen LogP contribution >= 0.6 is 0 Å². The summed E-state index contributed by atoms with van der Waals surface area (Å²) in [5.74, 6) is 0.842. The fourth-order valence-corrected chi connectivity index (χ4v) is 4.46. The van der Waals surface area contributed by atoms with Gasteiger partial charge in [0.25, 0.3) is 0 Å². The second kappa shape index (κ2) is 4.98. The molecule has 108 valence electrons. The van der Waals surface area contributed by atoms with E-state index in [-0.39, 0.29) is 0 Å². The summed E-state index contributed by atoms with van der Waals surface area (Å²) in [6.45, 7) is 2.23. The van der Waals surface area contributed by atoms with E-state index in [0.717, 1.165) is 5.92 Å². The van der Waals surface area contributed by atoms with Crippen LogP contribution in [0.1, 0.15) is 54.0 Å². The van der Waals surface area contributed by atoms with Crippen LogP contribution in [0.4, 0.5) is 0 Å². The Balaban J connectivity index is 1.97. The summed E-state index contributed by atoms with van der Waals surface area (Å²) in [5.41, 5.74) is 9.14. The fourth-order valence-electron chi connectivity index (χ4n) is 4.46. The van der Waals surface area contributed by atoms with Crippen LogP contribution in [0.2, 0.25) is 0 Å². The predicted molar refractivity (Wildman–Crippen MR) is 86.4 cm³/mol. The molecule has 4 rings (SSSR count). The molecule has 0 bridgehead atoms. The molecule has 1 aromatic carbocycles. The van der Waals surface area contributed by atoms with Crippen LogP contribution in [0.15, 0.2) is 30.3 Å². The summed E-state index contributed by atoms with van der Waals surface area (Å²) >= 11 is 0. The molecule has 0 saturated heterocycles. The normalized spacial score (nSPS) is 20.2. The number of rotatable bonds is 1. The van der Waals surface area contributed by atoms with Gasteiger partial charge in [-0.15, -0.1) is 0 Å². The molecule has 0 fully saturated rings. The highest BCUT2D eigenvalue weighted by Gasteiger charge is 2.33. The van der Waals surface area contributed by atoms with Crippen LogP contribution in [0.25, 0.3) is 11.3 Å². The Labute approximate surface area is 127 Å². The molecule has 0 N–H and O–H groups in total. The molecular formula is C20H24N+. The molecule has 1 atom stereocenters. The van der Waals surface area contributed by atoms with Crippen molar-refractivity contribution in [1.29, 1.82) is 0 Å². The zero-order valence-electron chi connectivity index (χ0n) is 13.2. The van der Waals surface area contributed by atoms with Crippen LogP contribution in [0.5, 0.6) is 0 Å². The summed E-state index contributed by atoms with van der Waals surface area (Å²) < 4.78 is 2.48. The molecule has 2 aromatic rings. The zero-order chi connectivity index (χ0) is 14.4. The lowest BCUT2D eigenvalue weighted by atomic mass is 9.75. The minimum atomic E-state index is 0.842. The summed E-state index contributed by atoms with van der Waals surface area (Å²) in [4.78, 5) is 0. The highest BCUT2D eigenvalue weighted by Crippen LogP contribution is 2.41. The van der Waals surface area contributed by atoms with Gasteiger partial charge in [0.2, 0.25) is 5.69 Å². The van der Waals surface area contributed by atoms with E-state index in [0.29, 0.717) is 0 Å². The van der Waals surface area contributed by atoms with E-state index in [1.807, 2.05) is 0 Å². The first-order valence-corrected chi connectivity index (χ1v) is 8.36. The average Bonchev–Trinajstić information content (AvgIpc) is 2.52. The Kier molecular flexibility index (Phi) is 3.10. The van der Waals surface area contributed by atoms with Gasteiger partial charge < -0.3 is 0 Å². The Bertz CT molecular complexity index is 697. The van der Waals surface area contributed by atoms with E-state index in [2.05, 4.69) is 48.9 Å². The molecule has 1 aromatic heterocycles. The average molecular weight is 278 g/mol. The molecule has 0 radical (unpaired) electrons. The minimum absolute atomic E-state index is 0.842. The summed E-state index contributed by atoms with van der Waals surface area (Å²) in [6, 6.07) is 11.3. The van der Waals surface area contributed by atoms with E-state index in [1.54, 1.807) is 16.8 Å². The molecule has 2 aliphatic rings. The van der Waals surface area contributed by atoms with Crippen molar-refractivity contribution in [1.82, 2.24) is 0 Å². The maximum Gasteiger partial charge on any atom is 0.213 e. The number of pyridine rings is 1. The maximum absolute atomic E-state index is 2.48. The minimum Gasteiger partial charge on any atom is -0.198 e. The van der Waals surface area contributed by atoms with Crippen molar-refractivity contribution in [2.24, 2.45) is 7.05 Å². The van der Waals surface area contributed by atoms with Crippen LogP contribution in [-0.4, -0.2) is 0 Å². The van der Waals surface area contributed by atoms with Gasteiger partial charge in [-0.05, 0) is 62.1 Å². The number of benzene rings is 1. The smallest absolute Gasteiger partial charge is 0.198 e. The van der Waals surface area contributed by atoms with Crippen LogP contribution in [-0.2, 0) is 19.9 Å². The summed E-state index contributed by atoms with van der Waals surface area (Å²) in [5, 5.41) is 0. The first kappa shape index (κ1) is 13.1. The lowest BCUT2D eigenvalue weighted by Gasteiger charge is -2.30. The second-order valence-electron chi connectivity index (χ2n) is 6.77. The van der Waals surface area contributed by atoms with Crippen molar-refractivity contribution in [3.05, 3.63) is 52.7 Å². The molecule has 0 spiro atoms. The van der Waals surface area contributed by atoms with E-state index >= 15 is 0 Å². The van der Waals surface area contributed by atoms with Gasteiger partial charge in [-0.1, -0.05) is 18.2 Å². The number of hydrogen-bond donors (Lipinski definition) is 0. The third kappa shape index (κ3) is 2.02. The predicted octanol–water partition coefficient (Wildman–Crippen LogP) is 4.24. The molecule has 1 nitrogen and oxygen atoms in total. The molecule has 0 saturated carbocycles. The summed E-state index contributed by atoms with van der Waals surface area (Å²) in [6.07, 6.45) is 8.08. The Hall–Kier alpha value is -1.63. The van der Waals surface area contributed by atoms with E-state index in [4.69, 9.17) is 0 Å². The molecule has 1 heteroatoms. The van der Waals surface area contributed by atoms with Crippen molar-refractivity contribution >= 4 is 0 Å². The van der Waals surface area contributed by atoms with Gasteiger partial charge in [0, 0.05) is 23.6 Å². The maximum atomic E-state index is 2.48. The van der Waals surface area contributed by atoms with Gasteiger partial charge in [-0.2, -0.15) is 4.57 Å². The largest absolute Gasteiger partial charge is 0.213 e. The van der Waals surface area contributed by atoms with Crippen molar-refractivity contribution in [3.8, 4) is 11.3 Å². The molecule has 0 aliphatic heterocycles. The Morgan fingerprint density at radius 3 is 2.62 bits per heavy atom. The third-order valence-corrected chi connectivity index (χ3v) is 5.53. The highest BCUT2D eigenvalue weighted by molar-refractivity contribution is 5.62. The Morgan fingerprint density at radius 2 is 1.81 bits per heavy atom. The van der Waals surface area contributed by atoms with Gasteiger partial charge in [0.05, 0.1) is 0 Å². The molecule has 2 aliphatic carbocycles. The number of aromatic nitrogens is 1. The van der Waals surface area contributed by atoms with E-state index in [9.17, 15) is 0 Å². The van der Waals surface area contributed by atoms with Crippen molar-refractivity contribution < 1.29 is 4.57 Å². The van der Waals surface area contributed by atoms with Crippen molar-refractivity contribution in [2.45, 2.75) is 51.4 Å².